The standard InChI is InChI=1S/C24H22N4O2S/c1-15-20-22(28-12-11-16-7-3-4-8-17(16)13-28)25-14-26-24(20)31-21(15)23(29)27-18-9-5-6-10-19(18)30-2/h3-10,14H,11-13H2,1-2H3,(H,27,29). The van der Waals surface area contributed by atoms with Crippen molar-refractivity contribution in [3.05, 3.63) is 76.4 Å². The number of benzene rings is 2. The van der Waals surface area contributed by atoms with E-state index in [2.05, 4.69) is 44.5 Å². The molecule has 3 heterocycles. The van der Waals surface area contributed by atoms with Crippen molar-refractivity contribution in [1.29, 1.82) is 0 Å². The van der Waals surface area contributed by atoms with Crippen molar-refractivity contribution in [2.45, 2.75) is 19.9 Å². The first-order chi connectivity index (χ1) is 15.2. The molecule has 0 atom stereocenters. The zero-order valence-corrected chi connectivity index (χ0v) is 18.2. The monoisotopic (exact) mass is 430 g/mol. The largest absolute Gasteiger partial charge is 0.495 e. The maximum absolute atomic E-state index is 13.1. The van der Waals surface area contributed by atoms with Crippen molar-refractivity contribution in [2.75, 3.05) is 23.9 Å². The molecule has 2 aromatic heterocycles. The van der Waals surface area contributed by atoms with E-state index in [4.69, 9.17) is 4.74 Å². The van der Waals surface area contributed by atoms with Gasteiger partial charge in [0.15, 0.2) is 0 Å². The highest BCUT2D eigenvalue weighted by Crippen LogP contribution is 2.37. The first-order valence-electron chi connectivity index (χ1n) is 10.2. The van der Waals surface area contributed by atoms with Gasteiger partial charge in [-0.2, -0.15) is 0 Å². The van der Waals surface area contributed by atoms with Gasteiger partial charge in [0, 0.05) is 13.1 Å². The fraction of sp³-hybridized carbons (Fsp3) is 0.208. The molecule has 7 heteroatoms. The molecule has 0 radical (unpaired) electrons. The predicted octanol–water partition coefficient (Wildman–Crippen LogP) is 4.82. The minimum Gasteiger partial charge on any atom is -0.495 e. The van der Waals surface area contributed by atoms with E-state index >= 15 is 0 Å². The quantitative estimate of drug-likeness (QED) is 0.503. The number of ether oxygens (including phenoxy) is 1. The number of anilines is 2. The Hall–Kier alpha value is -3.45. The Morgan fingerprint density at radius 3 is 2.71 bits per heavy atom. The summed E-state index contributed by atoms with van der Waals surface area (Å²) in [6.45, 7) is 3.67. The molecule has 0 fully saturated rings. The summed E-state index contributed by atoms with van der Waals surface area (Å²) in [7, 11) is 1.59. The average molecular weight is 431 g/mol. The summed E-state index contributed by atoms with van der Waals surface area (Å²) in [5, 5.41) is 3.93. The number of fused-ring (bicyclic) bond motifs is 2. The van der Waals surface area contributed by atoms with Crippen LogP contribution in [-0.4, -0.2) is 29.5 Å². The number of aryl methyl sites for hydroxylation is 1. The van der Waals surface area contributed by atoms with Gasteiger partial charge in [0.25, 0.3) is 5.91 Å². The number of thiophene rings is 1. The lowest BCUT2D eigenvalue weighted by Gasteiger charge is -2.30. The van der Waals surface area contributed by atoms with Gasteiger partial charge in [0.1, 0.15) is 22.7 Å². The van der Waals surface area contributed by atoms with Crippen LogP contribution in [0.1, 0.15) is 26.4 Å². The number of para-hydroxylation sites is 2. The number of nitrogens with zero attached hydrogens (tertiary/aromatic N) is 3. The van der Waals surface area contributed by atoms with Crippen molar-refractivity contribution in [1.82, 2.24) is 9.97 Å². The van der Waals surface area contributed by atoms with Crippen LogP contribution in [0.15, 0.2) is 54.9 Å². The zero-order valence-electron chi connectivity index (χ0n) is 17.4. The Kier molecular flexibility index (Phi) is 5.03. The van der Waals surface area contributed by atoms with Crippen LogP contribution in [0.4, 0.5) is 11.5 Å². The summed E-state index contributed by atoms with van der Waals surface area (Å²) >= 11 is 1.40. The molecule has 2 aromatic carbocycles. The van der Waals surface area contributed by atoms with Crippen LogP contribution >= 0.6 is 11.3 Å². The second kappa shape index (κ2) is 8.00. The first-order valence-corrected chi connectivity index (χ1v) is 11.0. The van der Waals surface area contributed by atoms with Crippen LogP contribution in [0.5, 0.6) is 5.75 Å². The van der Waals surface area contributed by atoms with E-state index in [9.17, 15) is 4.79 Å². The lowest BCUT2D eigenvalue weighted by atomic mass is 9.99. The molecule has 0 spiro atoms. The van der Waals surface area contributed by atoms with Gasteiger partial charge in [-0.3, -0.25) is 4.79 Å². The van der Waals surface area contributed by atoms with Crippen LogP contribution in [-0.2, 0) is 13.0 Å². The predicted molar refractivity (Wildman–Crippen MR) is 124 cm³/mol. The Morgan fingerprint density at radius 2 is 1.87 bits per heavy atom. The number of carbonyl (C=O) groups excluding carboxylic acids is 1. The number of methoxy groups -OCH3 is 1. The molecule has 4 aromatic rings. The smallest absolute Gasteiger partial charge is 0.266 e. The minimum atomic E-state index is -0.167. The Bertz CT molecular complexity index is 1280. The number of nitrogens with one attached hydrogen (secondary N) is 1. The third kappa shape index (κ3) is 3.51. The molecule has 1 aliphatic heterocycles. The summed E-state index contributed by atoms with van der Waals surface area (Å²) in [4.78, 5) is 25.9. The maximum atomic E-state index is 13.1. The molecule has 1 aliphatic rings. The van der Waals surface area contributed by atoms with Crippen LogP contribution in [0.25, 0.3) is 10.2 Å². The number of rotatable bonds is 4. The summed E-state index contributed by atoms with van der Waals surface area (Å²) in [5.74, 6) is 1.35. The van der Waals surface area contributed by atoms with Gasteiger partial charge in [-0.25, -0.2) is 9.97 Å². The molecule has 1 amide bonds. The van der Waals surface area contributed by atoms with E-state index in [-0.39, 0.29) is 5.91 Å². The SMILES string of the molecule is COc1ccccc1NC(=O)c1sc2ncnc(N3CCc4ccccc4C3)c2c1C. The molecule has 156 valence electrons. The number of amides is 1. The third-order valence-corrected chi connectivity index (χ3v) is 6.90. The van der Waals surface area contributed by atoms with Crippen molar-refractivity contribution < 1.29 is 9.53 Å². The van der Waals surface area contributed by atoms with Gasteiger partial charge in [0.2, 0.25) is 0 Å². The highest BCUT2D eigenvalue weighted by molar-refractivity contribution is 7.20. The molecular formula is C24H22N4O2S. The molecular weight excluding hydrogens is 408 g/mol. The molecule has 5 rings (SSSR count). The summed E-state index contributed by atoms with van der Waals surface area (Å²) in [6, 6.07) is 15.9. The van der Waals surface area contributed by atoms with Gasteiger partial charge >= 0.3 is 0 Å². The molecule has 0 saturated carbocycles. The molecule has 0 bridgehead atoms. The molecule has 31 heavy (non-hydrogen) atoms. The average Bonchev–Trinajstić information content (AvgIpc) is 3.16. The summed E-state index contributed by atoms with van der Waals surface area (Å²) in [5.41, 5.74) is 4.26. The van der Waals surface area contributed by atoms with Crippen LogP contribution in [0.3, 0.4) is 0 Å². The van der Waals surface area contributed by atoms with E-state index in [0.29, 0.717) is 16.3 Å². The molecule has 1 N–H and O–H groups in total. The zero-order chi connectivity index (χ0) is 21.4. The van der Waals surface area contributed by atoms with E-state index in [0.717, 1.165) is 41.1 Å². The summed E-state index contributed by atoms with van der Waals surface area (Å²) < 4.78 is 5.36. The second-order valence-corrected chi connectivity index (χ2v) is 8.53. The van der Waals surface area contributed by atoms with Gasteiger partial charge < -0.3 is 15.0 Å². The van der Waals surface area contributed by atoms with E-state index < -0.39 is 0 Å². The van der Waals surface area contributed by atoms with Crippen LogP contribution < -0.4 is 15.0 Å². The summed E-state index contributed by atoms with van der Waals surface area (Å²) in [6.07, 6.45) is 2.57. The Labute approximate surface area is 184 Å². The third-order valence-electron chi connectivity index (χ3n) is 5.70. The lowest BCUT2D eigenvalue weighted by Crippen LogP contribution is -2.31. The van der Waals surface area contributed by atoms with E-state index in [1.807, 2.05) is 31.2 Å². The van der Waals surface area contributed by atoms with Crippen molar-refractivity contribution in [3.8, 4) is 5.75 Å². The van der Waals surface area contributed by atoms with E-state index in [1.54, 1.807) is 13.4 Å². The van der Waals surface area contributed by atoms with Crippen LogP contribution in [0, 0.1) is 6.92 Å². The fourth-order valence-electron chi connectivity index (χ4n) is 4.11. The first kappa shape index (κ1) is 19.5. The topological polar surface area (TPSA) is 67.3 Å². The van der Waals surface area contributed by atoms with Crippen molar-refractivity contribution in [2.24, 2.45) is 0 Å². The highest BCUT2D eigenvalue weighted by atomic mass is 32.1. The van der Waals surface area contributed by atoms with Gasteiger partial charge in [0.05, 0.1) is 23.1 Å². The number of hydrogen-bond donors (Lipinski definition) is 1. The Balaban J connectivity index is 1.50. The molecule has 0 unspecified atom stereocenters. The van der Waals surface area contributed by atoms with Gasteiger partial charge in [-0.1, -0.05) is 36.4 Å². The van der Waals surface area contributed by atoms with Crippen molar-refractivity contribution in [3.63, 3.8) is 0 Å². The Morgan fingerprint density at radius 1 is 1.10 bits per heavy atom. The second-order valence-electron chi connectivity index (χ2n) is 7.53. The lowest BCUT2D eigenvalue weighted by molar-refractivity contribution is 0.102. The normalized spacial score (nSPS) is 13.2. The molecule has 0 saturated heterocycles. The minimum absolute atomic E-state index is 0.167. The molecule has 6 nitrogen and oxygen atoms in total. The van der Waals surface area contributed by atoms with E-state index in [1.165, 1.54) is 22.5 Å². The maximum Gasteiger partial charge on any atom is 0.266 e. The highest BCUT2D eigenvalue weighted by Gasteiger charge is 2.24. The molecule has 0 aliphatic carbocycles. The fourth-order valence-corrected chi connectivity index (χ4v) is 5.15. The van der Waals surface area contributed by atoms with Gasteiger partial charge in [-0.05, 0) is 42.2 Å². The van der Waals surface area contributed by atoms with Gasteiger partial charge in [-0.15, -0.1) is 11.3 Å². The van der Waals surface area contributed by atoms with Crippen molar-refractivity contribution >= 4 is 39.0 Å². The number of aromatic nitrogens is 2. The number of hydrogen-bond acceptors (Lipinski definition) is 6. The van der Waals surface area contributed by atoms with Crippen LogP contribution in [0.2, 0.25) is 0 Å². The number of carbonyl (C=O) groups is 1.